The smallest absolute Gasteiger partial charge is 0.301 e. The van der Waals surface area contributed by atoms with Crippen molar-refractivity contribution in [3.05, 3.63) is 136 Å². The zero-order chi connectivity index (χ0) is 54.8. The third kappa shape index (κ3) is 12.6. The molecule has 408 valence electrons. The monoisotopic (exact) mass is 1100 g/mol. The number of carbonyl (C=O) groups excluding carboxylic acids is 3. The molecule has 2 amide bonds. The summed E-state index contributed by atoms with van der Waals surface area (Å²) in [6.07, 6.45) is 2.97. The van der Waals surface area contributed by atoms with Crippen LogP contribution in [0, 0.1) is 24.0 Å². The Hall–Kier alpha value is -6.49. The van der Waals surface area contributed by atoms with Gasteiger partial charge in [-0.25, -0.2) is 23.1 Å². The average Bonchev–Trinajstić information content (AvgIpc) is 4.24. The lowest BCUT2D eigenvalue weighted by Gasteiger charge is -2.36. The number of H-pyrrole nitrogens is 1. The minimum absolute atomic E-state index is 0.00612. The van der Waals surface area contributed by atoms with Gasteiger partial charge in [-0.2, -0.15) is 12.7 Å². The maximum absolute atomic E-state index is 15.8. The van der Waals surface area contributed by atoms with E-state index in [4.69, 9.17) is 4.74 Å². The summed E-state index contributed by atoms with van der Waals surface area (Å²) in [6, 6.07) is 18.3. The van der Waals surface area contributed by atoms with E-state index in [-0.39, 0.29) is 37.6 Å². The number of amides is 2. The van der Waals surface area contributed by atoms with E-state index in [9.17, 15) is 32.3 Å². The molecule has 0 spiro atoms. The van der Waals surface area contributed by atoms with Crippen LogP contribution in [0.25, 0.3) is 32.6 Å². The molecule has 0 bridgehead atoms. The summed E-state index contributed by atoms with van der Waals surface area (Å²) >= 11 is 1.60. The van der Waals surface area contributed by atoms with Gasteiger partial charge in [-0.05, 0) is 91.1 Å². The number of hydrogen-bond acceptors (Lipinski definition) is 12. The first-order valence-corrected chi connectivity index (χ1v) is 28.1. The highest BCUT2D eigenvalue weighted by atomic mass is 32.2. The lowest BCUT2D eigenvalue weighted by atomic mass is 9.85. The number of ether oxygens (including phenoxy) is 1. The van der Waals surface area contributed by atoms with Crippen LogP contribution in [-0.2, 0) is 31.1 Å². The molecule has 3 aliphatic heterocycles. The highest BCUT2D eigenvalue weighted by Crippen LogP contribution is 2.34. The second kappa shape index (κ2) is 23.2. The molecule has 0 radical (unpaired) electrons. The molecule has 3 aromatic heterocycles. The van der Waals surface area contributed by atoms with Gasteiger partial charge in [0, 0.05) is 73.7 Å². The minimum Gasteiger partial charge on any atom is -0.391 e. The molecule has 9 rings (SSSR count). The van der Waals surface area contributed by atoms with Crippen molar-refractivity contribution in [1.82, 2.24) is 39.7 Å². The number of benzene rings is 3. The number of aliphatic hydroxyl groups excluding tert-OH is 1. The zero-order valence-corrected chi connectivity index (χ0v) is 45.1. The van der Waals surface area contributed by atoms with Crippen molar-refractivity contribution in [3.8, 4) is 21.6 Å². The van der Waals surface area contributed by atoms with E-state index in [1.165, 1.54) is 6.20 Å². The maximum atomic E-state index is 15.8. The van der Waals surface area contributed by atoms with Crippen LogP contribution >= 0.6 is 11.3 Å². The Kier molecular flexibility index (Phi) is 16.7. The molecule has 0 saturated carbocycles. The summed E-state index contributed by atoms with van der Waals surface area (Å²) in [7, 11) is -4.37. The van der Waals surface area contributed by atoms with Gasteiger partial charge in [-0.15, -0.1) is 11.3 Å². The second-order valence-corrected chi connectivity index (χ2v) is 23.7. The van der Waals surface area contributed by atoms with Crippen LogP contribution < -0.4 is 15.4 Å². The molecule has 5 N–H and O–H groups in total. The summed E-state index contributed by atoms with van der Waals surface area (Å²) < 4.78 is 79.1. The number of aromatic amines is 1. The number of piperidine rings is 1. The van der Waals surface area contributed by atoms with Crippen molar-refractivity contribution in [3.63, 3.8) is 0 Å². The number of halogens is 3. The van der Waals surface area contributed by atoms with Crippen LogP contribution in [0.5, 0.6) is 0 Å². The summed E-state index contributed by atoms with van der Waals surface area (Å²) in [5.41, 5.74) is 6.22. The average molecular weight is 1100 g/mol. The van der Waals surface area contributed by atoms with Crippen LogP contribution in [-0.4, -0.2) is 137 Å². The van der Waals surface area contributed by atoms with Crippen molar-refractivity contribution < 1.29 is 45.8 Å². The first-order chi connectivity index (χ1) is 36.7. The first kappa shape index (κ1) is 55.3. The molecule has 6 aromatic rings. The van der Waals surface area contributed by atoms with Gasteiger partial charge in [-0.1, -0.05) is 75.9 Å². The third-order valence-corrected chi connectivity index (χ3v) is 17.2. The number of hydrogen-bond donors (Lipinski definition) is 5. The van der Waals surface area contributed by atoms with Crippen molar-refractivity contribution in [2.24, 2.45) is 5.41 Å². The van der Waals surface area contributed by atoms with Gasteiger partial charge in [0.05, 0.1) is 46.1 Å². The van der Waals surface area contributed by atoms with Crippen LogP contribution in [0.4, 0.5) is 18.9 Å². The minimum atomic E-state index is -4.37. The fourth-order valence-electron chi connectivity index (χ4n) is 10.3. The van der Waals surface area contributed by atoms with Gasteiger partial charge >= 0.3 is 10.2 Å². The number of alkyl halides is 1. The number of likely N-dealkylation sites (tertiary alicyclic amines) is 2. The molecule has 0 unspecified atom stereocenters. The van der Waals surface area contributed by atoms with Gasteiger partial charge < -0.3 is 35.3 Å². The van der Waals surface area contributed by atoms with Crippen LogP contribution in [0.3, 0.4) is 0 Å². The van der Waals surface area contributed by atoms with Crippen molar-refractivity contribution in [1.29, 1.82) is 0 Å². The van der Waals surface area contributed by atoms with Crippen molar-refractivity contribution in [2.45, 2.75) is 90.2 Å². The lowest BCUT2D eigenvalue weighted by Crippen LogP contribution is -2.57. The Morgan fingerprint density at radius 1 is 0.961 bits per heavy atom. The van der Waals surface area contributed by atoms with Gasteiger partial charge in [0.1, 0.15) is 30.3 Å². The van der Waals surface area contributed by atoms with E-state index in [1.807, 2.05) is 62.2 Å². The molecule has 77 heavy (non-hydrogen) atoms. The molecule has 3 fully saturated rings. The summed E-state index contributed by atoms with van der Waals surface area (Å²) in [5.74, 6) is -3.99. The Morgan fingerprint density at radius 2 is 1.69 bits per heavy atom. The highest BCUT2D eigenvalue weighted by Gasteiger charge is 2.43. The maximum Gasteiger partial charge on any atom is 0.301 e. The van der Waals surface area contributed by atoms with Gasteiger partial charge in [0.25, 0.3) is 0 Å². The number of anilines is 1. The van der Waals surface area contributed by atoms with Crippen molar-refractivity contribution >= 4 is 55.9 Å². The fourth-order valence-corrected chi connectivity index (χ4v) is 12.4. The molecular weight excluding hydrogens is 1030 g/mol. The van der Waals surface area contributed by atoms with Gasteiger partial charge in [-0.3, -0.25) is 19.1 Å². The SMILES string of the molecule is C=C(NCc1ccc(-c2scnc2C)cc1)[C@@H]1C[C@@H](O)CN1C(=O)[C@@H](NC(=O)COCCN1CCC(c2ccc(-c3cnc4[nH]cc(C(=O)c5c(F)ccc(NS(=O)(=O)N6CC[C@@H](F)C6)c5F)c4c3)cc2)CC1)C(C)(C)C. The van der Waals surface area contributed by atoms with E-state index >= 15 is 8.78 Å². The number of aryl methyl sites for hydroxylation is 1. The molecule has 3 aromatic carbocycles. The number of ketones is 1. The molecule has 0 aliphatic carbocycles. The standard InChI is InChI=1S/C56H64F3N9O7S2/c1-33(60-26-35-6-8-39(9-7-35)52-34(2)63-32-76-52)47-25-42(69)30-68(47)55(72)53(56(3,4)5)64-48(70)31-75-23-22-66-19-16-38(17-20-66)36-10-12-37(13-11-36)40-24-43-44(28-62-54(43)61-27-40)51(71)49-45(58)14-15-46(50(49)59)65-77(73,74)67-21-18-41(57)29-67/h6-15,24,27-28,32,38,41-42,47,53,60,65,69H,1,16-23,25-26,29-31H2,2-5H3,(H,61,62)(H,64,70)/t41-,42-,47+,53-/m1/s1. The summed E-state index contributed by atoms with van der Waals surface area (Å²) in [5, 5.41) is 17.3. The number of pyridine rings is 1. The number of nitrogens with one attached hydrogen (secondary N) is 4. The number of thiazole rings is 1. The molecule has 21 heteroatoms. The topological polar surface area (TPSA) is 202 Å². The largest absolute Gasteiger partial charge is 0.391 e. The zero-order valence-electron chi connectivity index (χ0n) is 43.5. The third-order valence-electron chi connectivity index (χ3n) is 14.7. The number of rotatable bonds is 19. The molecule has 4 atom stereocenters. The predicted molar refractivity (Wildman–Crippen MR) is 290 cm³/mol. The number of aromatic nitrogens is 3. The highest BCUT2D eigenvalue weighted by molar-refractivity contribution is 7.90. The van der Waals surface area contributed by atoms with E-state index in [0.717, 1.165) is 75.2 Å². The number of fused-ring (bicyclic) bond motifs is 1. The van der Waals surface area contributed by atoms with Gasteiger partial charge in [0.15, 0.2) is 5.82 Å². The summed E-state index contributed by atoms with van der Waals surface area (Å²) in [6.45, 7) is 14.4. The molecular formula is C56H64F3N9O7S2. The van der Waals surface area contributed by atoms with E-state index in [2.05, 4.69) is 61.3 Å². The Bertz CT molecular complexity index is 3250. The van der Waals surface area contributed by atoms with Crippen LogP contribution in [0.1, 0.15) is 85.1 Å². The molecule has 16 nitrogen and oxygen atoms in total. The number of aliphatic hydroxyl groups is 1. The Balaban J connectivity index is 0.735. The van der Waals surface area contributed by atoms with Gasteiger partial charge in [0.2, 0.25) is 17.6 Å². The van der Waals surface area contributed by atoms with Crippen LogP contribution in [0.2, 0.25) is 0 Å². The van der Waals surface area contributed by atoms with Crippen LogP contribution in [0.15, 0.2) is 96.9 Å². The second-order valence-electron chi connectivity index (χ2n) is 21.2. The predicted octanol–water partition coefficient (Wildman–Crippen LogP) is 7.86. The Morgan fingerprint density at radius 3 is 2.36 bits per heavy atom. The fraction of sp³-hybridized carbons (Fsp3) is 0.411. The number of carbonyl (C=O) groups is 3. The molecule has 3 aliphatic rings. The molecule has 6 heterocycles. The first-order valence-electron chi connectivity index (χ1n) is 25.8. The van der Waals surface area contributed by atoms with Crippen molar-refractivity contribution in [2.75, 3.05) is 57.2 Å². The normalized spacial score (nSPS) is 19.2. The number of nitrogens with zero attached hydrogens (tertiary/aromatic N) is 5. The van der Waals surface area contributed by atoms with E-state index in [0.29, 0.717) is 54.3 Å². The molecule has 3 saturated heterocycles. The Labute approximate surface area is 450 Å². The number of β-amino-alcohol motifs (C(OH)–C–C–N with tert-alkyl or cyclic N) is 1. The quantitative estimate of drug-likeness (QED) is 0.0391. The summed E-state index contributed by atoms with van der Waals surface area (Å²) in [4.78, 5) is 58.0. The van der Waals surface area contributed by atoms with E-state index < -0.39 is 81.1 Å². The lowest BCUT2D eigenvalue weighted by molar-refractivity contribution is -0.141. The van der Waals surface area contributed by atoms with E-state index in [1.54, 1.807) is 28.5 Å².